The van der Waals surface area contributed by atoms with Crippen molar-refractivity contribution >= 4 is 11.8 Å². The number of carbonyl (C=O) groups excluding carboxylic acids is 2. The number of benzene rings is 4. The fourth-order valence-electron chi connectivity index (χ4n) is 9.00. The highest BCUT2D eigenvalue weighted by Crippen LogP contribution is 2.53. The van der Waals surface area contributed by atoms with Gasteiger partial charge in [-0.1, -0.05) is 113 Å². The maximum Gasteiger partial charge on any atom is 0.239 e. The molecule has 2 amide bonds. The van der Waals surface area contributed by atoms with Crippen LogP contribution in [0.2, 0.25) is 0 Å². The van der Waals surface area contributed by atoms with Gasteiger partial charge < -0.3 is 39.8 Å². The van der Waals surface area contributed by atoms with Crippen LogP contribution in [0.3, 0.4) is 0 Å². The Morgan fingerprint density at radius 3 is 1.12 bits per heavy atom. The van der Waals surface area contributed by atoms with Crippen molar-refractivity contribution in [3.63, 3.8) is 0 Å². The quantitative estimate of drug-likeness (QED) is 0.0878. The van der Waals surface area contributed by atoms with E-state index in [-0.39, 0.29) is 37.5 Å². The molecule has 10 nitrogen and oxygen atoms in total. The number of amides is 2. The number of para-hydroxylation sites is 4. The van der Waals surface area contributed by atoms with E-state index in [4.69, 9.17) is 24.7 Å². The van der Waals surface area contributed by atoms with E-state index in [1.165, 1.54) is 28.4 Å². The van der Waals surface area contributed by atoms with Gasteiger partial charge in [-0.2, -0.15) is 0 Å². The van der Waals surface area contributed by atoms with Crippen molar-refractivity contribution in [2.24, 2.45) is 23.0 Å². The van der Waals surface area contributed by atoms with Crippen molar-refractivity contribution in [2.45, 2.75) is 89.5 Å². The van der Waals surface area contributed by atoms with Gasteiger partial charge in [-0.3, -0.25) is 9.59 Å². The second-order valence-corrected chi connectivity index (χ2v) is 16.0. The van der Waals surface area contributed by atoms with Gasteiger partial charge in [0.15, 0.2) is 0 Å². The highest BCUT2D eigenvalue weighted by Gasteiger charge is 2.60. The molecule has 0 heterocycles. The summed E-state index contributed by atoms with van der Waals surface area (Å²) >= 11 is 0. The molecule has 1 aliphatic rings. The summed E-state index contributed by atoms with van der Waals surface area (Å²) in [5.74, 6) is -0.0388. The number of methoxy groups -OCH3 is 4. The SMILES string of the molecule is COc1ccccc1C(O)(c1ccccc1OC)C(CC(C)C)N(C(=O)C1(C(N)=O)CCCC1)C(CC(C)C)C(O)(c1ccccc1OC)c1ccccc1OC. The lowest BCUT2D eigenvalue weighted by Gasteiger charge is -2.54. The smallest absolute Gasteiger partial charge is 0.239 e. The largest absolute Gasteiger partial charge is 0.496 e. The molecule has 2 atom stereocenters. The van der Waals surface area contributed by atoms with Crippen LogP contribution in [0.15, 0.2) is 97.1 Å². The highest BCUT2D eigenvalue weighted by molar-refractivity contribution is 6.05. The standard InChI is InChI=1S/C47H60N2O8/c1-31(2)29-41(46(52,33-19-9-13-23-37(33)54-5)34-20-10-14-24-38(34)55-6)49(44(51)45(43(48)50)27-17-18-28-45)42(30-32(3)4)47(53,35-21-11-15-25-39(35)56-7)36-22-12-16-26-40(36)57-8/h9-16,19-26,31-32,41-42,52-53H,17-18,27-30H2,1-8H3,(H2,48,50). The Morgan fingerprint density at radius 1 is 0.596 bits per heavy atom. The molecule has 5 rings (SSSR count). The average Bonchev–Trinajstić information content (AvgIpc) is 3.74. The van der Waals surface area contributed by atoms with Crippen LogP contribution in [0.4, 0.5) is 0 Å². The summed E-state index contributed by atoms with van der Waals surface area (Å²) in [6, 6.07) is 26.4. The van der Waals surface area contributed by atoms with Gasteiger partial charge in [0.25, 0.3) is 0 Å². The second-order valence-electron chi connectivity index (χ2n) is 16.0. The normalized spacial score (nSPS) is 15.2. The summed E-state index contributed by atoms with van der Waals surface area (Å²) in [4.78, 5) is 31.8. The molecule has 10 heteroatoms. The lowest BCUT2D eigenvalue weighted by atomic mass is 9.70. The van der Waals surface area contributed by atoms with E-state index in [0.717, 1.165) is 0 Å². The van der Waals surface area contributed by atoms with Gasteiger partial charge in [-0.05, 0) is 61.8 Å². The van der Waals surface area contributed by atoms with Gasteiger partial charge in [0.2, 0.25) is 11.8 Å². The van der Waals surface area contributed by atoms with Gasteiger partial charge in [0.05, 0.1) is 40.5 Å². The van der Waals surface area contributed by atoms with Gasteiger partial charge >= 0.3 is 0 Å². The van der Waals surface area contributed by atoms with Gasteiger partial charge in [-0.25, -0.2) is 0 Å². The molecular formula is C47H60N2O8. The predicted molar refractivity (Wildman–Crippen MR) is 221 cm³/mol. The van der Waals surface area contributed by atoms with E-state index in [1.807, 2.05) is 76.2 Å². The first kappa shape index (κ1) is 43.1. The van der Waals surface area contributed by atoms with Crippen LogP contribution in [-0.4, -0.2) is 67.5 Å². The molecule has 0 bridgehead atoms. The molecule has 0 aliphatic heterocycles. The molecule has 4 N–H and O–H groups in total. The van der Waals surface area contributed by atoms with Crippen molar-refractivity contribution < 1.29 is 38.7 Å². The molecule has 0 radical (unpaired) electrons. The monoisotopic (exact) mass is 780 g/mol. The van der Waals surface area contributed by atoms with Crippen LogP contribution < -0.4 is 24.7 Å². The molecule has 57 heavy (non-hydrogen) atoms. The van der Waals surface area contributed by atoms with Crippen LogP contribution in [0.25, 0.3) is 0 Å². The minimum atomic E-state index is -2.06. The Morgan fingerprint density at radius 2 is 0.877 bits per heavy atom. The number of aliphatic hydroxyl groups is 2. The lowest BCUT2D eigenvalue weighted by molar-refractivity contribution is -0.169. The number of rotatable bonds is 18. The number of hydrogen-bond donors (Lipinski definition) is 3. The first-order valence-corrected chi connectivity index (χ1v) is 19.9. The molecule has 0 spiro atoms. The Hall–Kier alpha value is -5.06. The second kappa shape index (κ2) is 18.0. The summed E-state index contributed by atoms with van der Waals surface area (Å²) < 4.78 is 23.9. The number of hydrogen-bond acceptors (Lipinski definition) is 8. The lowest BCUT2D eigenvalue weighted by Crippen LogP contribution is -2.66. The summed E-state index contributed by atoms with van der Waals surface area (Å²) in [7, 11) is 6.14. The van der Waals surface area contributed by atoms with E-state index < -0.39 is 40.5 Å². The van der Waals surface area contributed by atoms with E-state index in [2.05, 4.69) is 0 Å². The third kappa shape index (κ3) is 7.94. The minimum absolute atomic E-state index is 0.125. The van der Waals surface area contributed by atoms with Crippen molar-refractivity contribution in [1.29, 1.82) is 0 Å². The molecule has 0 aromatic heterocycles. The van der Waals surface area contributed by atoms with Crippen molar-refractivity contribution in [1.82, 2.24) is 4.90 Å². The molecule has 0 saturated heterocycles. The first-order valence-electron chi connectivity index (χ1n) is 19.9. The van der Waals surface area contributed by atoms with E-state index in [9.17, 15) is 15.0 Å². The Labute approximate surface area is 337 Å². The molecule has 1 aliphatic carbocycles. The van der Waals surface area contributed by atoms with Crippen molar-refractivity contribution in [2.75, 3.05) is 28.4 Å². The molecule has 1 fully saturated rings. The van der Waals surface area contributed by atoms with Gasteiger partial charge in [-0.15, -0.1) is 0 Å². The molecule has 306 valence electrons. The fraction of sp³-hybridized carbons (Fsp3) is 0.447. The molecular weight excluding hydrogens is 721 g/mol. The third-order valence-corrected chi connectivity index (χ3v) is 11.7. The Balaban J connectivity index is 2.04. The summed E-state index contributed by atoms with van der Waals surface area (Å²) in [5, 5.41) is 28.3. The Bertz CT molecular complexity index is 1770. The van der Waals surface area contributed by atoms with Crippen LogP contribution in [0.5, 0.6) is 23.0 Å². The van der Waals surface area contributed by atoms with Crippen LogP contribution in [0, 0.1) is 17.3 Å². The highest BCUT2D eigenvalue weighted by atomic mass is 16.5. The maximum absolute atomic E-state index is 16.3. The van der Waals surface area contributed by atoms with Crippen molar-refractivity contribution in [3.05, 3.63) is 119 Å². The zero-order valence-electron chi connectivity index (χ0n) is 34.7. The summed E-state index contributed by atoms with van der Waals surface area (Å²) in [5.41, 5.74) is 2.10. The minimum Gasteiger partial charge on any atom is -0.496 e. The zero-order valence-corrected chi connectivity index (χ0v) is 34.7. The predicted octanol–water partition coefficient (Wildman–Crippen LogP) is 7.60. The van der Waals surface area contributed by atoms with E-state index in [0.29, 0.717) is 58.1 Å². The maximum atomic E-state index is 16.3. The number of primary amides is 1. The number of ether oxygens (including phenoxy) is 4. The topological polar surface area (TPSA) is 141 Å². The zero-order chi connectivity index (χ0) is 41.5. The number of nitrogens with zero attached hydrogens (tertiary/aromatic N) is 1. The van der Waals surface area contributed by atoms with Crippen LogP contribution in [-0.2, 0) is 20.8 Å². The first-order chi connectivity index (χ1) is 27.3. The van der Waals surface area contributed by atoms with Crippen LogP contribution >= 0.6 is 0 Å². The number of nitrogens with two attached hydrogens (primary N) is 1. The molecule has 1 saturated carbocycles. The van der Waals surface area contributed by atoms with Gasteiger partial charge in [0.1, 0.15) is 39.6 Å². The summed E-state index contributed by atoms with van der Waals surface area (Å²) in [6.45, 7) is 8.07. The number of carbonyl (C=O) groups is 2. The van der Waals surface area contributed by atoms with Crippen molar-refractivity contribution in [3.8, 4) is 23.0 Å². The fourth-order valence-corrected chi connectivity index (χ4v) is 9.00. The van der Waals surface area contributed by atoms with E-state index in [1.54, 1.807) is 53.4 Å². The van der Waals surface area contributed by atoms with E-state index >= 15 is 4.79 Å². The Kier molecular flexibility index (Phi) is 13.6. The molecule has 4 aromatic carbocycles. The third-order valence-electron chi connectivity index (χ3n) is 11.7. The summed E-state index contributed by atoms with van der Waals surface area (Å²) in [6.07, 6.45) is 2.11. The van der Waals surface area contributed by atoms with Crippen LogP contribution in [0.1, 0.15) is 88.5 Å². The molecule has 4 aromatic rings. The van der Waals surface area contributed by atoms with Gasteiger partial charge in [0, 0.05) is 22.3 Å². The average molecular weight is 781 g/mol. The molecule has 2 unspecified atom stereocenters.